The fraction of sp³-hybridized carbons (Fsp3) is 0.357. The second-order valence-electron chi connectivity index (χ2n) is 5.10. The first-order valence-corrected chi connectivity index (χ1v) is 6.71. The summed E-state index contributed by atoms with van der Waals surface area (Å²) >= 11 is 0. The molecule has 0 spiro atoms. The molecule has 0 atom stereocenters. The van der Waals surface area contributed by atoms with Gasteiger partial charge in [0.25, 0.3) is 0 Å². The van der Waals surface area contributed by atoms with E-state index in [1.807, 2.05) is 31.2 Å². The highest BCUT2D eigenvalue weighted by atomic mass is 16.1. The smallest absolute Gasteiger partial charge is 0.224 e. The number of hydrogen-bond donors (Lipinski definition) is 3. The first-order valence-electron chi connectivity index (χ1n) is 6.71. The number of amides is 1. The third kappa shape index (κ3) is 2.85. The van der Waals surface area contributed by atoms with Gasteiger partial charge in [-0.3, -0.25) is 9.89 Å². The summed E-state index contributed by atoms with van der Waals surface area (Å²) in [6.45, 7) is 3.72. The second kappa shape index (κ2) is 5.42. The number of aromatic amines is 1. The zero-order chi connectivity index (χ0) is 13.9. The monoisotopic (exact) mass is 271 g/mol. The van der Waals surface area contributed by atoms with Crippen LogP contribution < -0.4 is 10.6 Å². The predicted molar refractivity (Wildman–Crippen MR) is 76.2 cm³/mol. The van der Waals surface area contributed by atoms with E-state index in [0.29, 0.717) is 18.2 Å². The number of H-pyrrole nitrogens is 1. The van der Waals surface area contributed by atoms with E-state index in [1.54, 1.807) is 0 Å². The highest BCUT2D eigenvalue weighted by Crippen LogP contribution is 2.20. The number of carbonyl (C=O) groups excluding carboxylic acids is 1. The van der Waals surface area contributed by atoms with Crippen molar-refractivity contribution in [2.24, 2.45) is 5.92 Å². The molecule has 2 heterocycles. The van der Waals surface area contributed by atoms with E-state index in [1.165, 1.54) is 0 Å². The molecule has 0 radical (unpaired) electrons. The molecular weight excluding hydrogens is 254 g/mol. The van der Waals surface area contributed by atoms with Crippen LogP contribution in [0.3, 0.4) is 0 Å². The Morgan fingerprint density at radius 2 is 2.30 bits per heavy atom. The zero-order valence-corrected chi connectivity index (χ0v) is 11.3. The maximum absolute atomic E-state index is 11.9. The standard InChI is InChI=1S/C14H17N5O/c1-9-16-14(19-18-9)11-3-2-4-12(6-11)17-13(20)5-10-7-15-8-10/h2-4,6,10,15H,5,7-8H2,1H3,(H,17,20)(H,16,18,19). The molecule has 0 unspecified atom stereocenters. The lowest BCUT2D eigenvalue weighted by Gasteiger charge is -2.26. The van der Waals surface area contributed by atoms with E-state index in [-0.39, 0.29) is 5.91 Å². The van der Waals surface area contributed by atoms with Crippen LogP contribution in [0, 0.1) is 12.8 Å². The minimum Gasteiger partial charge on any atom is -0.326 e. The number of benzene rings is 1. The van der Waals surface area contributed by atoms with Crippen LogP contribution >= 0.6 is 0 Å². The van der Waals surface area contributed by atoms with Gasteiger partial charge in [-0.1, -0.05) is 12.1 Å². The van der Waals surface area contributed by atoms with Gasteiger partial charge in [0.15, 0.2) is 5.82 Å². The molecule has 6 heteroatoms. The number of nitrogens with zero attached hydrogens (tertiary/aromatic N) is 2. The van der Waals surface area contributed by atoms with Gasteiger partial charge < -0.3 is 10.6 Å². The third-order valence-electron chi connectivity index (χ3n) is 3.34. The number of aryl methyl sites for hydroxylation is 1. The van der Waals surface area contributed by atoms with Crippen LogP contribution in [0.4, 0.5) is 5.69 Å². The van der Waals surface area contributed by atoms with Crippen LogP contribution in [-0.4, -0.2) is 34.2 Å². The predicted octanol–water partition coefficient (Wildman–Crippen LogP) is 1.33. The Kier molecular flexibility index (Phi) is 3.47. The Morgan fingerprint density at radius 1 is 1.45 bits per heavy atom. The molecule has 1 amide bonds. The van der Waals surface area contributed by atoms with Crippen molar-refractivity contribution in [3.63, 3.8) is 0 Å². The van der Waals surface area contributed by atoms with Crippen molar-refractivity contribution < 1.29 is 4.79 Å². The van der Waals surface area contributed by atoms with E-state index in [2.05, 4.69) is 25.8 Å². The van der Waals surface area contributed by atoms with E-state index in [4.69, 9.17) is 0 Å². The number of anilines is 1. The molecule has 0 aliphatic carbocycles. The summed E-state index contributed by atoms with van der Waals surface area (Å²) in [5, 5.41) is 13.0. The van der Waals surface area contributed by atoms with Crippen molar-refractivity contribution in [1.29, 1.82) is 0 Å². The zero-order valence-electron chi connectivity index (χ0n) is 11.3. The SMILES string of the molecule is Cc1nc(-c2cccc(NC(=O)CC3CNC3)c2)n[nH]1. The summed E-state index contributed by atoms with van der Waals surface area (Å²) in [6.07, 6.45) is 0.566. The molecular formula is C14H17N5O. The normalized spacial score (nSPS) is 14.8. The Morgan fingerprint density at radius 3 is 2.95 bits per heavy atom. The van der Waals surface area contributed by atoms with Crippen molar-refractivity contribution in [3.8, 4) is 11.4 Å². The van der Waals surface area contributed by atoms with Gasteiger partial charge in [0.1, 0.15) is 5.82 Å². The number of hydrogen-bond acceptors (Lipinski definition) is 4. The Hall–Kier alpha value is -2.21. The summed E-state index contributed by atoms with van der Waals surface area (Å²) in [6, 6.07) is 7.58. The fourth-order valence-electron chi connectivity index (χ4n) is 2.17. The maximum Gasteiger partial charge on any atom is 0.224 e. The summed E-state index contributed by atoms with van der Waals surface area (Å²) in [4.78, 5) is 16.2. The van der Waals surface area contributed by atoms with Gasteiger partial charge in [0.2, 0.25) is 5.91 Å². The Balaban J connectivity index is 1.69. The van der Waals surface area contributed by atoms with Crippen molar-refractivity contribution >= 4 is 11.6 Å². The highest BCUT2D eigenvalue weighted by Gasteiger charge is 2.20. The molecule has 3 N–H and O–H groups in total. The largest absolute Gasteiger partial charge is 0.326 e. The van der Waals surface area contributed by atoms with Gasteiger partial charge in [0, 0.05) is 17.7 Å². The van der Waals surface area contributed by atoms with Gasteiger partial charge in [-0.25, -0.2) is 4.98 Å². The van der Waals surface area contributed by atoms with Crippen molar-refractivity contribution in [2.75, 3.05) is 18.4 Å². The van der Waals surface area contributed by atoms with Gasteiger partial charge in [-0.2, -0.15) is 5.10 Å². The molecule has 20 heavy (non-hydrogen) atoms. The number of nitrogens with one attached hydrogen (secondary N) is 3. The lowest BCUT2D eigenvalue weighted by molar-refractivity contribution is -0.117. The quantitative estimate of drug-likeness (QED) is 0.783. The molecule has 2 aromatic rings. The number of aromatic nitrogens is 3. The van der Waals surface area contributed by atoms with Crippen LogP contribution in [0.2, 0.25) is 0 Å². The van der Waals surface area contributed by atoms with Gasteiger partial charge in [-0.05, 0) is 38.1 Å². The maximum atomic E-state index is 11.9. The average Bonchev–Trinajstić information content (AvgIpc) is 2.81. The van der Waals surface area contributed by atoms with E-state index in [9.17, 15) is 4.79 Å². The molecule has 1 saturated heterocycles. The molecule has 0 bridgehead atoms. The Bertz CT molecular complexity index is 618. The first kappa shape index (κ1) is 12.8. The van der Waals surface area contributed by atoms with Gasteiger partial charge in [-0.15, -0.1) is 0 Å². The van der Waals surface area contributed by atoms with E-state index < -0.39 is 0 Å². The van der Waals surface area contributed by atoms with Crippen LogP contribution in [0.1, 0.15) is 12.2 Å². The van der Waals surface area contributed by atoms with Crippen molar-refractivity contribution in [3.05, 3.63) is 30.1 Å². The summed E-state index contributed by atoms with van der Waals surface area (Å²) < 4.78 is 0. The molecule has 6 nitrogen and oxygen atoms in total. The topological polar surface area (TPSA) is 82.7 Å². The van der Waals surface area contributed by atoms with Crippen LogP contribution in [0.25, 0.3) is 11.4 Å². The van der Waals surface area contributed by atoms with E-state index in [0.717, 1.165) is 30.2 Å². The summed E-state index contributed by atoms with van der Waals surface area (Å²) in [5.41, 5.74) is 1.67. The molecule has 104 valence electrons. The molecule has 1 aromatic carbocycles. The van der Waals surface area contributed by atoms with Crippen molar-refractivity contribution in [2.45, 2.75) is 13.3 Å². The first-order chi connectivity index (χ1) is 9.70. The molecule has 1 fully saturated rings. The molecule has 1 aromatic heterocycles. The fourth-order valence-corrected chi connectivity index (χ4v) is 2.17. The minimum atomic E-state index is 0.0554. The molecule has 1 aliphatic heterocycles. The van der Waals surface area contributed by atoms with Crippen LogP contribution in [-0.2, 0) is 4.79 Å². The van der Waals surface area contributed by atoms with Crippen molar-refractivity contribution in [1.82, 2.24) is 20.5 Å². The number of carbonyl (C=O) groups is 1. The molecule has 3 rings (SSSR count). The Labute approximate surface area is 117 Å². The third-order valence-corrected chi connectivity index (χ3v) is 3.34. The highest BCUT2D eigenvalue weighted by molar-refractivity contribution is 5.91. The second-order valence-corrected chi connectivity index (χ2v) is 5.10. The summed E-state index contributed by atoms with van der Waals surface area (Å²) in [7, 11) is 0. The van der Waals surface area contributed by atoms with Crippen LogP contribution in [0.5, 0.6) is 0 Å². The molecule has 1 aliphatic rings. The summed E-state index contributed by atoms with van der Waals surface area (Å²) in [5.74, 6) is 1.93. The average molecular weight is 271 g/mol. The minimum absolute atomic E-state index is 0.0554. The van der Waals surface area contributed by atoms with Gasteiger partial charge >= 0.3 is 0 Å². The van der Waals surface area contributed by atoms with E-state index >= 15 is 0 Å². The lowest BCUT2D eigenvalue weighted by Crippen LogP contribution is -2.43. The number of rotatable bonds is 4. The molecule has 0 saturated carbocycles. The van der Waals surface area contributed by atoms with Crippen LogP contribution in [0.15, 0.2) is 24.3 Å². The lowest BCUT2D eigenvalue weighted by atomic mass is 9.99. The van der Waals surface area contributed by atoms with Gasteiger partial charge in [0.05, 0.1) is 0 Å².